The van der Waals surface area contributed by atoms with Crippen molar-refractivity contribution in [1.29, 1.82) is 0 Å². The van der Waals surface area contributed by atoms with Gasteiger partial charge in [-0.2, -0.15) is 0 Å². The van der Waals surface area contributed by atoms with Gasteiger partial charge in [0.15, 0.2) is 0 Å². The number of carbonyl (C=O) groups is 1. The fourth-order valence-electron chi connectivity index (χ4n) is 1.08. The molecule has 0 radical (unpaired) electrons. The smallest absolute Gasteiger partial charge is 0.135 e. The first-order valence-corrected chi connectivity index (χ1v) is 3.88. The van der Waals surface area contributed by atoms with E-state index in [4.69, 9.17) is 4.74 Å². The summed E-state index contributed by atoms with van der Waals surface area (Å²) in [5, 5.41) is 0. The summed E-state index contributed by atoms with van der Waals surface area (Å²) in [5.41, 5.74) is 0. The highest BCUT2D eigenvalue weighted by atomic mass is 16.6. The Morgan fingerprint density at radius 2 is 2.40 bits per heavy atom. The van der Waals surface area contributed by atoms with Gasteiger partial charge in [-0.05, 0) is 6.42 Å². The molecule has 1 rings (SSSR count). The lowest BCUT2D eigenvalue weighted by Gasteiger charge is -2.04. The predicted octanol–water partition coefficient (Wildman–Crippen LogP) is 1.39. The lowest BCUT2D eigenvalue weighted by atomic mass is 9.99. The van der Waals surface area contributed by atoms with Crippen LogP contribution in [0.5, 0.6) is 0 Å². The molecule has 0 aromatic rings. The number of ether oxygens (including phenoxy) is 1. The molecule has 0 aromatic carbocycles. The standard InChI is InChI=1S/C8H14O2/c1-3-8(9)6(2)4-7-5-10-7/h6-7H,3-5H2,1-2H3. The number of hydrogen-bond donors (Lipinski definition) is 0. The summed E-state index contributed by atoms with van der Waals surface area (Å²) in [5.74, 6) is 0.563. The second kappa shape index (κ2) is 3.15. The van der Waals surface area contributed by atoms with Gasteiger partial charge in [-0.15, -0.1) is 0 Å². The van der Waals surface area contributed by atoms with Crippen molar-refractivity contribution in [3.05, 3.63) is 0 Å². The van der Waals surface area contributed by atoms with Crippen LogP contribution < -0.4 is 0 Å². The fourth-order valence-corrected chi connectivity index (χ4v) is 1.08. The SMILES string of the molecule is CCC(=O)C(C)CC1CO1. The maximum Gasteiger partial charge on any atom is 0.135 e. The molecule has 1 fully saturated rings. The van der Waals surface area contributed by atoms with Gasteiger partial charge in [0.2, 0.25) is 0 Å². The third kappa shape index (κ3) is 2.10. The molecule has 0 aromatic heterocycles. The van der Waals surface area contributed by atoms with E-state index in [-0.39, 0.29) is 5.92 Å². The average molecular weight is 142 g/mol. The highest BCUT2D eigenvalue weighted by Gasteiger charge is 2.26. The van der Waals surface area contributed by atoms with E-state index in [0.29, 0.717) is 18.3 Å². The van der Waals surface area contributed by atoms with Gasteiger partial charge in [0.25, 0.3) is 0 Å². The Balaban J connectivity index is 2.18. The minimum absolute atomic E-state index is 0.206. The van der Waals surface area contributed by atoms with Gasteiger partial charge in [0.05, 0.1) is 12.7 Å². The van der Waals surface area contributed by atoms with Crippen LogP contribution in [0.2, 0.25) is 0 Å². The van der Waals surface area contributed by atoms with E-state index < -0.39 is 0 Å². The van der Waals surface area contributed by atoms with Gasteiger partial charge >= 0.3 is 0 Å². The van der Waals surface area contributed by atoms with E-state index in [1.165, 1.54) is 0 Å². The molecule has 2 unspecified atom stereocenters. The van der Waals surface area contributed by atoms with Crippen LogP contribution in [0.3, 0.4) is 0 Å². The largest absolute Gasteiger partial charge is 0.373 e. The maximum atomic E-state index is 11.0. The van der Waals surface area contributed by atoms with Gasteiger partial charge in [0.1, 0.15) is 5.78 Å². The van der Waals surface area contributed by atoms with Crippen molar-refractivity contribution in [3.63, 3.8) is 0 Å². The zero-order valence-electron chi connectivity index (χ0n) is 6.59. The molecule has 1 saturated heterocycles. The van der Waals surface area contributed by atoms with Crippen molar-refractivity contribution in [1.82, 2.24) is 0 Å². The second-order valence-corrected chi connectivity index (χ2v) is 2.91. The maximum absolute atomic E-state index is 11.0. The predicted molar refractivity (Wildman–Crippen MR) is 38.8 cm³/mol. The minimum atomic E-state index is 0.206. The molecule has 0 bridgehead atoms. The van der Waals surface area contributed by atoms with E-state index in [9.17, 15) is 4.79 Å². The van der Waals surface area contributed by atoms with Crippen molar-refractivity contribution in [2.24, 2.45) is 5.92 Å². The Morgan fingerprint density at radius 3 is 2.80 bits per heavy atom. The molecular formula is C8H14O2. The summed E-state index contributed by atoms with van der Waals surface area (Å²) >= 11 is 0. The molecule has 2 atom stereocenters. The summed E-state index contributed by atoms with van der Waals surface area (Å²) in [6.07, 6.45) is 1.98. The summed E-state index contributed by atoms with van der Waals surface area (Å²) in [7, 11) is 0. The van der Waals surface area contributed by atoms with Crippen LogP contribution in [0, 0.1) is 5.92 Å². The summed E-state index contributed by atoms with van der Waals surface area (Å²) in [4.78, 5) is 11.0. The van der Waals surface area contributed by atoms with Crippen molar-refractivity contribution in [2.75, 3.05) is 6.61 Å². The van der Waals surface area contributed by atoms with Crippen LogP contribution in [0.1, 0.15) is 26.7 Å². The molecule has 10 heavy (non-hydrogen) atoms. The van der Waals surface area contributed by atoms with Crippen molar-refractivity contribution in [3.8, 4) is 0 Å². The molecule has 1 heterocycles. The Morgan fingerprint density at radius 1 is 1.80 bits per heavy atom. The number of epoxide rings is 1. The van der Waals surface area contributed by atoms with E-state index in [1.54, 1.807) is 0 Å². The van der Waals surface area contributed by atoms with Crippen LogP contribution in [0.25, 0.3) is 0 Å². The average Bonchev–Trinajstić information content (AvgIpc) is 2.70. The first kappa shape index (κ1) is 7.73. The molecule has 0 N–H and O–H groups in total. The molecule has 1 aliphatic heterocycles. The zero-order valence-corrected chi connectivity index (χ0v) is 6.59. The Kier molecular flexibility index (Phi) is 2.44. The molecular weight excluding hydrogens is 128 g/mol. The van der Waals surface area contributed by atoms with E-state index in [2.05, 4.69) is 0 Å². The van der Waals surface area contributed by atoms with Crippen LogP contribution in [-0.4, -0.2) is 18.5 Å². The monoisotopic (exact) mass is 142 g/mol. The van der Waals surface area contributed by atoms with Crippen LogP contribution in [0.15, 0.2) is 0 Å². The van der Waals surface area contributed by atoms with Crippen molar-refractivity contribution < 1.29 is 9.53 Å². The summed E-state index contributed by atoms with van der Waals surface area (Å²) in [6.45, 7) is 4.75. The highest BCUT2D eigenvalue weighted by Crippen LogP contribution is 2.20. The van der Waals surface area contributed by atoms with Crippen LogP contribution in [0.4, 0.5) is 0 Å². The molecule has 1 aliphatic rings. The molecule has 58 valence electrons. The molecule has 0 amide bonds. The third-order valence-electron chi connectivity index (χ3n) is 1.92. The topological polar surface area (TPSA) is 29.6 Å². The summed E-state index contributed by atoms with van der Waals surface area (Å²) < 4.78 is 5.02. The van der Waals surface area contributed by atoms with Gasteiger partial charge in [-0.1, -0.05) is 13.8 Å². The van der Waals surface area contributed by atoms with Crippen LogP contribution in [-0.2, 0) is 9.53 Å². The highest BCUT2D eigenvalue weighted by molar-refractivity contribution is 5.80. The number of carbonyl (C=O) groups excluding carboxylic acids is 1. The Labute approximate surface area is 61.6 Å². The Bertz CT molecular complexity index is 127. The third-order valence-corrected chi connectivity index (χ3v) is 1.92. The lowest BCUT2D eigenvalue weighted by Crippen LogP contribution is -2.11. The minimum Gasteiger partial charge on any atom is -0.373 e. The fraction of sp³-hybridized carbons (Fsp3) is 0.875. The number of Topliss-reactive ketones (excluding diaryl/α,β-unsaturated/α-hetero) is 1. The van der Waals surface area contributed by atoms with Gasteiger partial charge in [0, 0.05) is 12.3 Å². The molecule has 2 heteroatoms. The van der Waals surface area contributed by atoms with Gasteiger partial charge in [-0.3, -0.25) is 4.79 Å². The quantitative estimate of drug-likeness (QED) is 0.555. The van der Waals surface area contributed by atoms with Gasteiger partial charge in [-0.25, -0.2) is 0 Å². The van der Waals surface area contributed by atoms with E-state index in [1.807, 2.05) is 13.8 Å². The number of hydrogen-bond acceptors (Lipinski definition) is 2. The summed E-state index contributed by atoms with van der Waals surface area (Å²) in [6, 6.07) is 0. The first-order chi connectivity index (χ1) is 4.74. The first-order valence-electron chi connectivity index (χ1n) is 3.88. The number of ketones is 1. The van der Waals surface area contributed by atoms with E-state index in [0.717, 1.165) is 13.0 Å². The molecule has 0 saturated carbocycles. The molecule has 0 spiro atoms. The number of rotatable bonds is 4. The molecule has 0 aliphatic carbocycles. The van der Waals surface area contributed by atoms with Crippen molar-refractivity contribution >= 4 is 5.78 Å². The zero-order chi connectivity index (χ0) is 7.56. The Hall–Kier alpha value is -0.370. The van der Waals surface area contributed by atoms with Crippen LogP contribution >= 0.6 is 0 Å². The van der Waals surface area contributed by atoms with Gasteiger partial charge < -0.3 is 4.74 Å². The van der Waals surface area contributed by atoms with Crippen molar-refractivity contribution in [2.45, 2.75) is 32.8 Å². The molecule has 2 nitrogen and oxygen atoms in total. The lowest BCUT2D eigenvalue weighted by molar-refractivity contribution is -0.122. The normalized spacial score (nSPS) is 26.0. The second-order valence-electron chi connectivity index (χ2n) is 2.91. The van der Waals surface area contributed by atoms with E-state index >= 15 is 0 Å².